The van der Waals surface area contributed by atoms with Gasteiger partial charge in [-0.1, -0.05) is 46.4 Å². The fourth-order valence-corrected chi connectivity index (χ4v) is 6.77. The van der Waals surface area contributed by atoms with Crippen LogP contribution in [0.4, 0.5) is 0 Å². The van der Waals surface area contributed by atoms with Crippen molar-refractivity contribution in [2.75, 3.05) is 6.54 Å². The number of nitrogens with zero attached hydrogens (tertiary/aromatic N) is 2. The molecule has 190 valence electrons. The first kappa shape index (κ1) is 29.0. The van der Waals surface area contributed by atoms with Crippen LogP contribution < -0.4 is 0 Å². The van der Waals surface area contributed by atoms with Crippen molar-refractivity contribution in [2.45, 2.75) is 0 Å². The lowest BCUT2D eigenvalue weighted by Crippen LogP contribution is -2.51. The molecule has 1 aliphatic heterocycles. The van der Waals surface area contributed by atoms with E-state index in [4.69, 9.17) is 46.4 Å². The SMILES string of the molecule is O=C(CN(C(=O)c1ccc(Cl)c(Cl)c1)N1C(=O)c2c(Br)c(Br)c(Br)c(Br)c2C1=O)c1ccc(Cl)cc1Cl. The van der Waals surface area contributed by atoms with Crippen LogP contribution in [0, 0.1) is 0 Å². The molecule has 0 radical (unpaired) electrons. The molecule has 0 spiro atoms. The Bertz CT molecular complexity index is 1500. The first-order valence-electron chi connectivity index (χ1n) is 9.85. The summed E-state index contributed by atoms with van der Waals surface area (Å²) in [5.74, 6) is -3.16. The Morgan fingerprint density at radius 3 is 1.81 bits per heavy atom. The molecule has 3 amide bonds. The van der Waals surface area contributed by atoms with Crippen molar-refractivity contribution in [2.24, 2.45) is 0 Å². The lowest BCUT2D eigenvalue weighted by atomic mass is 10.1. The molecule has 0 aromatic heterocycles. The molecule has 37 heavy (non-hydrogen) atoms. The summed E-state index contributed by atoms with van der Waals surface area (Å²) in [5.41, 5.74) is 0.0237. The van der Waals surface area contributed by atoms with E-state index in [1.54, 1.807) is 0 Å². The summed E-state index contributed by atoms with van der Waals surface area (Å²) in [6.07, 6.45) is 0. The fourth-order valence-electron chi connectivity index (χ4n) is 3.50. The largest absolute Gasteiger partial charge is 0.292 e. The van der Waals surface area contributed by atoms with E-state index in [1.807, 2.05) is 0 Å². The molecule has 0 bridgehead atoms. The number of carbonyl (C=O) groups is 4. The van der Waals surface area contributed by atoms with Gasteiger partial charge < -0.3 is 0 Å². The summed E-state index contributed by atoms with van der Waals surface area (Å²) in [6.45, 7) is -0.705. The smallest absolute Gasteiger partial charge is 0.282 e. The van der Waals surface area contributed by atoms with Crippen LogP contribution in [-0.4, -0.2) is 40.1 Å². The number of imide groups is 1. The molecule has 14 heteroatoms. The van der Waals surface area contributed by atoms with Crippen LogP contribution >= 0.6 is 110 Å². The highest BCUT2D eigenvalue weighted by Crippen LogP contribution is 2.45. The molecule has 0 fully saturated rings. The lowest BCUT2D eigenvalue weighted by molar-refractivity contribution is 0.00527. The van der Waals surface area contributed by atoms with E-state index in [0.29, 0.717) is 19.0 Å². The molecule has 4 rings (SSSR count). The van der Waals surface area contributed by atoms with Crippen molar-refractivity contribution in [1.29, 1.82) is 0 Å². The average molecular weight is 838 g/mol. The minimum atomic E-state index is -0.850. The molecule has 0 unspecified atom stereocenters. The predicted molar refractivity (Wildman–Crippen MR) is 156 cm³/mol. The number of benzene rings is 3. The van der Waals surface area contributed by atoms with Gasteiger partial charge in [-0.05, 0) is 100 Å². The van der Waals surface area contributed by atoms with Crippen LogP contribution in [0.15, 0.2) is 54.3 Å². The first-order valence-corrected chi connectivity index (χ1v) is 14.5. The molecule has 1 heterocycles. The van der Waals surface area contributed by atoms with Gasteiger partial charge in [-0.25, -0.2) is 5.01 Å². The molecule has 0 N–H and O–H groups in total. The summed E-state index contributed by atoms with van der Waals surface area (Å²) < 4.78 is 1.50. The maximum atomic E-state index is 13.7. The Labute approximate surface area is 263 Å². The Kier molecular flexibility index (Phi) is 8.82. The standard InChI is InChI=1S/C23H8Br4Cl4N2O4/c24-17-15-16(18(25)20(27)19(17)26)23(37)33(22(15)36)32(21(35)8-1-4-11(29)13(31)5-8)7-14(34)10-3-2-9(28)6-12(10)30/h1-6H,7H2. The molecule has 3 aromatic carbocycles. The predicted octanol–water partition coefficient (Wildman–Crippen LogP) is 8.89. The number of halogens is 8. The quantitative estimate of drug-likeness (QED) is 0.111. The maximum absolute atomic E-state index is 13.7. The van der Waals surface area contributed by atoms with Crippen molar-refractivity contribution in [1.82, 2.24) is 10.0 Å². The van der Waals surface area contributed by atoms with Gasteiger partial charge in [0.25, 0.3) is 17.7 Å². The van der Waals surface area contributed by atoms with Crippen molar-refractivity contribution in [3.8, 4) is 0 Å². The van der Waals surface area contributed by atoms with E-state index < -0.39 is 30.0 Å². The molecule has 1 aliphatic rings. The molecular weight excluding hydrogens is 830 g/mol. The number of Topliss-reactive ketones (excluding diaryl/α,β-unsaturated/α-hetero) is 1. The molecule has 0 saturated heterocycles. The lowest BCUT2D eigenvalue weighted by Gasteiger charge is -2.29. The van der Waals surface area contributed by atoms with Crippen LogP contribution in [-0.2, 0) is 0 Å². The zero-order valence-corrected chi connectivity index (χ0v) is 27.1. The normalized spacial score (nSPS) is 12.7. The van der Waals surface area contributed by atoms with Crippen LogP contribution in [0.5, 0.6) is 0 Å². The third-order valence-electron chi connectivity index (χ3n) is 5.25. The fraction of sp³-hybridized carbons (Fsp3) is 0.0435. The van der Waals surface area contributed by atoms with Crippen LogP contribution in [0.1, 0.15) is 41.4 Å². The third-order valence-corrected chi connectivity index (χ3v) is 11.3. The second kappa shape index (κ2) is 11.3. The van der Waals surface area contributed by atoms with E-state index in [-0.39, 0.29) is 46.3 Å². The number of rotatable bonds is 5. The van der Waals surface area contributed by atoms with Gasteiger partial charge in [-0.15, -0.1) is 0 Å². The molecule has 0 saturated carbocycles. The van der Waals surface area contributed by atoms with E-state index in [9.17, 15) is 19.2 Å². The highest BCUT2D eigenvalue weighted by molar-refractivity contribution is 9.15. The van der Waals surface area contributed by atoms with Crippen molar-refractivity contribution < 1.29 is 19.2 Å². The van der Waals surface area contributed by atoms with Gasteiger partial charge in [0.05, 0.1) is 26.2 Å². The highest BCUT2D eigenvalue weighted by atomic mass is 79.9. The van der Waals surface area contributed by atoms with E-state index in [1.165, 1.54) is 36.4 Å². The van der Waals surface area contributed by atoms with Gasteiger partial charge in [0, 0.05) is 34.0 Å². The number of carbonyl (C=O) groups excluding carboxylic acids is 4. The Morgan fingerprint density at radius 1 is 0.730 bits per heavy atom. The zero-order chi connectivity index (χ0) is 27.3. The number of hydrogen-bond acceptors (Lipinski definition) is 4. The number of amides is 3. The third kappa shape index (κ3) is 5.28. The van der Waals surface area contributed by atoms with E-state index in [2.05, 4.69) is 63.7 Å². The number of hydrazine groups is 1. The maximum Gasteiger partial charge on any atom is 0.282 e. The minimum absolute atomic E-state index is 0.00383. The Morgan fingerprint density at radius 2 is 1.30 bits per heavy atom. The van der Waals surface area contributed by atoms with Crippen molar-refractivity contribution in [3.63, 3.8) is 0 Å². The average Bonchev–Trinajstić information content (AvgIpc) is 3.10. The second-order valence-electron chi connectivity index (χ2n) is 7.47. The van der Waals surface area contributed by atoms with E-state index >= 15 is 0 Å². The molecule has 6 nitrogen and oxygen atoms in total. The van der Waals surface area contributed by atoms with Gasteiger partial charge in [-0.2, -0.15) is 5.01 Å². The molecule has 0 aliphatic carbocycles. The van der Waals surface area contributed by atoms with Gasteiger partial charge >= 0.3 is 0 Å². The number of hydrogen-bond donors (Lipinski definition) is 0. The van der Waals surface area contributed by atoms with Crippen molar-refractivity contribution >= 4 is 134 Å². The first-order chi connectivity index (χ1) is 17.3. The van der Waals surface area contributed by atoms with Crippen LogP contribution in [0.3, 0.4) is 0 Å². The Balaban J connectivity index is 1.84. The minimum Gasteiger partial charge on any atom is -0.292 e. The molecule has 3 aromatic rings. The number of ketones is 1. The summed E-state index contributed by atoms with van der Waals surface area (Å²) in [5, 5.41) is 1.97. The van der Waals surface area contributed by atoms with Crippen molar-refractivity contribution in [3.05, 3.63) is 96.6 Å². The summed E-state index contributed by atoms with van der Waals surface area (Å²) in [7, 11) is 0. The van der Waals surface area contributed by atoms with E-state index in [0.717, 1.165) is 5.01 Å². The summed E-state index contributed by atoms with van der Waals surface area (Å²) in [6, 6.07) is 8.23. The summed E-state index contributed by atoms with van der Waals surface area (Å²) in [4.78, 5) is 54.1. The zero-order valence-electron chi connectivity index (χ0n) is 17.7. The van der Waals surface area contributed by atoms with Gasteiger partial charge in [-0.3, -0.25) is 19.2 Å². The monoisotopic (exact) mass is 832 g/mol. The van der Waals surface area contributed by atoms with Gasteiger partial charge in [0.15, 0.2) is 5.78 Å². The second-order valence-corrected chi connectivity index (χ2v) is 12.3. The van der Waals surface area contributed by atoms with Gasteiger partial charge in [0.1, 0.15) is 6.54 Å². The molecular formula is C23H8Br4Cl4N2O4. The van der Waals surface area contributed by atoms with Crippen LogP contribution in [0.25, 0.3) is 0 Å². The van der Waals surface area contributed by atoms with Crippen LogP contribution in [0.2, 0.25) is 20.1 Å². The summed E-state index contributed by atoms with van der Waals surface area (Å²) >= 11 is 37.6. The molecule has 0 atom stereocenters. The number of fused-ring (bicyclic) bond motifs is 1. The Hall–Kier alpha value is -0.980. The van der Waals surface area contributed by atoms with Gasteiger partial charge in [0.2, 0.25) is 0 Å². The topological polar surface area (TPSA) is 74.8 Å². The highest BCUT2D eigenvalue weighted by Gasteiger charge is 2.46.